The van der Waals surface area contributed by atoms with Gasteiger partial charge in [-0.05, 0) is 36.6 Å². The van der Waals surface area contributed by atoms with E-state index < -0.39 is 27.4 Å². The fourth-order valence-corrected chi connectivity index (χ4v) is 4.75. The number of rotatable bonds is 5. The fraction of sp³-hybridized carbons (Fsp3) is 0.158. The SMILES string of the molecule is NC(=O)C(N)(C1=CN(C(=O)O)C=CO1)C1=C(S(=O)(=O)c2ccccc2)C=CCC1. The molecule has 2 aliphatic rings. The number of carbonyl (C=O) groups excluding carboxylic acids is 1. The van der Waals surface area contributed by atoms with E-state index >= 15 is 0 Å². The molecular formula is C19H19N3O6S. The van der Waals surface area contributed by atoms with Crippen LogP contribution in [0.3, 0.4) is 0 Å². The number of benzene rings is 1. The molecule has 1 aliphatic heterocycles. The predicted octanol–water partition coefficient (Wildman–Crippen LogP) is 1.57. The topological polar surface area (TPSA) is 153 Å². The number of sulfone groups is 1. The van der Waals surface area contributed by atoms with Crippen LogP contribution in [0.5, 0.6) is 0 Å². The molecule has 3 rings (SSSR count). The van der Waals surface area contributed by atoms with E-state index in [-0.39, 0.29) is 27.6 Å². The molecule has 1 heterocycles. The zero-order chi connectivity index (χ0) is 21.2. The van der Waals surface area contributed by atoms with Gasteiger partial charge in [0, 0.05) is 0 Å². The van der Waals surface area contributed by atoms with Crippen LogP contribution < -0.4 is 11.5 Å². The van der Waals surface area contributed by atoms with Crippen molar-refractivity contribution in [3.8, 4) is 0 Å². The molecule has 10 heteroatoms. The molecule has 0 radical (unpaired) electrons. The lowest BCUT2D eigenvalue weighted by Crippen LogP contribution is -2.56. The third-order valence-electron chi connectivity index (χ3n) is 4.62. The summed E-state index contributed by atoms with van der Waals surface area (Å²) < 4.78 is 31.8. The summed E-state index contributed by atoms with van der Waals surface area (Å²) in [5, 5.41) is 9.20. The fourth-order valence-electron chi connectivity index (χ4n) is 3.11. The third kappa shape index (κ3) is 3.55. The van der Waals surface area contributed by atoms with Crippen molar-refractivity contribution in [3.05, 3.63) is 77.4 Å². The van der Waals surface area contributed by atoms with Crippen molar-refractivity contribution in [3.63, 3.8) is 0 Å². The van der Waals surface area contributed by atoms with Crippen LogP contribution in [0.4, 0.5) is 4.79 Å². The second kappa shape index (κ2) is 7.57. The standard InChI is InChI=1S/C19H19N3O6S/c20-17(23)19(21,16-12-22(18(24)25)10-11-28-16)14-8-4-5-9-15(14)29(26,27)13-6-2-1-3-7-13/h1-3,5-7,9-12H,4,8,21H2,(H2,20,23)(H,24,25). The first-order valence-corrected chi connectivity index (χ1v) is 10.0. The van der Waals surface area contributed by atoms with E-state index in [1.807, 2.05) is 0 Å². The van der Waals surface area contributed by atoms with Crippen LogP contribution in [0.15, 0.2) is 82.3 Å². The van der Waals surface area contributed by atoms with Gasteiger partial charge in [-0.25, -0.2) is 13.2 Å². The van der Waals surface area contributed by atoms with E-state index in [0.29, 0.717) is 6.42 Å². The zero-order valence-corrected chi connectivity index (χ0v) is 16.0. The van der Waals surface area contributed by atoms with Crippen molar-refractivity contribution in [2.45, 2.75) is 23.3 Å². The summed E-state index contributed by atoms with van der Waals surface area (Å²) in [4.78, 5) is 24.3. The lowest BCUT2D eigenvalue weighted by atomic mass is 9.82. The van der Waals surface area contributed by atoms with E-state index in [0.717, 1.165) is 23.6 Å². The molecule has 1 atom stereocenters. The maximum absolute atomic E-state index is 13.2. The molecule has 5 N–H and O–H groups in total. The molecule has 1 aromatic rings. The van der Waals surface area contributed by atoms with Gasteiger partial charge in [-0.1, -0.05) is 24.3 Å². The van der Waals surface area contributed by atoms with Crippen LogP contribution >= 0.6 is 0 Å². The second-order valence-electron chi connectivity index (χ2n) is 6.36. The Morgan fingerprint density at radius 2 is 1.90 bits per heavy atom. The van der Waals surface area contributed by atoms with E-state index in [4.69, 9.17) is 16.2 Å². The van der Waals surface area contributed by atoms with Gasteiger partial charge in [0.2, 0.25) is 15.7 Å². The molecule has 9 nitrogen and oxygen atoms in total. The minimum absolute atomic E-state index is 0.0245. The highest BCUT2D eigenvalue weighted by molar-refractivity contribution is 7.95. The minimum Gasteiger partial charge on any atom is -0.464 e. The Labute approximate surface area is 167 Å². The van der Waals surface area contributed by atoms with Gasteiger partial charge in [0.15, 0.2) is 11.3 Å². The smallest absolute Gasteiger partial charge is 0.415 e. The summed E-state index contributed by atoms with van der Waals surface area (Å²) in [6.07, 6.45) is 5.34. The zero-order valence-electron chi connectivity index (χ0n) is 15.2. The molecule has 2 amide bonds. The van der Waals surface area contributed by atoms with Crippen molar-refractivity contribution in [2.24, 2.45) is 11.5 Å². The lowest BCUT2D eigenvalue weighted by molar-refractivity contribution is -0.121. The molecular weight excluding hydrogens is 398 g/mol. The van der Waals surface area contributed by atoms with Crippen LogP contribution in [0.2, 0.25) is 0 Å². The molecule has 152 valence electrons. The summed E-state index contributed by atoms with van der Waals surface area (Å²) in [6, 6.07) is 7.68. The van der Waals surface area contributed by atoms with Crippen LogP contribution in [0.1, 0.15) is 12.8 Å². The molecule has 0 spiro atoms. The average Bonchev–Trinajstić information content (AvgIpc) is 2.73. The number of nitrogens with two attached hydrogens (primary N) is 2. The minimum atomic E-state index is -4.02. The molecule has 1 aromatic carbocycles. The Kier molecular flexibility index (Phi) is 5.31. The Balaban J connectivity index is 2.23. The van der Waals surface area contributed by atoms with Crippen LogP contribution in [0, 0.1) is 0 Å². The number of primary amides is 1. The number of hydrogen-bond acceptors (Lipinski definition) is 6. The number of amides is 2. The highest BCUT2D eigenvalue weighted by Gasteiger charge is 2.46. The number of carboxylic acid groups (broad SMARTS) is 1. The Bertz CT molecular complexity index is 1070. The summed E-state index contributed by atoms with van der Waals surface area (Å²) in [5.41, 5.74) is 9.78. The predicted molar refractivity (Wildman–Crippen MR) is 103 cm³/mol. The first-order valence-electron chi connectivity index (χ1n) is 8.55. The third-order valence-corrected chi connectivity index (χ3v) is 6.47. The maximum Gasteiger partial charge on any atom is 0.415 e. The number of nitrogens with zero attached hydrogens (tertiary/aromatic N) is 1. The molecule has 1 unspecified atom stereocenters. The lowest BCUT2D eigenvalue weighted by Gasteiger charge is -2.34. The van der Waals surface area contributed by atoms with Crippen LogP contribution in [-0.2, 0) is 19.4 Å². The molecule has 1 aliphatic carbocycles. The molecule has 0 aromatic heterocycles. The van der Waals surface area contributed by atoms with Crippen molar-refractivity contribution in [1.82, 2.24) is 4.90 Å². The second-order valence-corrected chi connectivity index (χ2v) is 8.28. The van der Waals surface area contributed by atoms with Crippen molar-refractivity contribution in [2.75, 3.05) is 0 Å². The van der Waals surface area contributed by atoms with Gasteiger partial charge >= 0.3 is 6.09 Å². The summed E-state index contributed by atoms with van der Waals surface area (Å²) >= 11 is 0. The largest absolute Gasteiger partial charge is 0.464 e. The van der Waals surface area contributed by atoms with Gasteiger partial charge in [-0.15, -0.1) is 0 Å². The monoisotopic (exact) mass is 417 g/mol. The Morgan fingerprint density at radius 1 is 1.21 bits per heavy atom. The van der Waals surface area contributed by atoms with Crippen molar-refractivity contribution < 1.29 is 27.9 Å². The number of hydrogen-bond donors (Lipinski definition) is 3. The van der Waals surface area contributed by atoms with Crippen molar-refractivity contribution >= 4 is 21.8 Å². The van der Waals surface area contributed by atoms with Gasteiger partial charge in [0.05, 0.1) is 22.2 Å². The van der Waals surface area contributed by atoms with Crippen LogP contribution in [-0.4, -0.2) is 36.0 Å². The van der Waals surface area contributed by atoms with Gasteiger partial charge in [0.1, 0.15) is 6.26 Å². The molecule has 0 saturated carbocycles. The number of carbonyl (C=O) groups is 2. The van der Waals surface area contributed by atoms with Gasteiger partial charge < -0.3 is 21.3 Å². The van der Waals surface area contributed by atoms with E-state index in [9.17, 15) is 23.1 Å². The molecule has 29 heavy (non-hydrogen) atoms. The summed E-state index contributed by atoms with van der Waals surface area (Å²) in [5.74, 6) is -1.36. The summed E-state index contributed by atoms with van der Waals surface area (Å²) in [7, 11) is -4.02. The maximum atomic E-state index is 13.2. The highest BCUT2D eigenvalue weighted by Crippen LogP contribution is 2.38. The van der Waals surface area contributed by atoms with E-state index in [1.165, 1.54) is 18.2 Å². The molecule has 0 saturated heterocycles. The highest BCUT2D eigenvalue weighted by atomic mass is 32.2. The molecule has 0 fully saturated rings. The van der Waals surface area contributed by atoms with Crippen LogP contribution in [0.25, 0.3) is 0 Å². The first-order chi connectivity index (χ1) is 13.7. The number of allylic oxidation sites excluding steroid dienone is 2. The normalized spacial score (nSPS) is 18.7. The van der Waals surface area contributed by atoms with Gasteiger partial charge in [-0.2, -0.15) is 0 Å². The van der Waals surface area contributed by atoms with Gasteiger partial charge in [-0.3, -0.25) is 9.69 Å². The Hall–Kier alpha value is -3.37. The van der Waals surface area contributed by atoms with Crippen molar-refractivity contribution in [1.29, 1.82) is 0 Å². The average molecular weight is 417 g/mol. The Morgan fingerprint density at radius 3 is 2.52 bits per heavy atom. The summed E-state index contributed by atoms with van der Waals surface area (Å²) in [6.45, 7) is 0. The quantitative estimate of drug-likeness (QED) is 0.657. The molecule has 0 bridgehead atoms. The number of ether oxygens (including phenoxy) is 1. The van der Waals surface area contributed by atoms with Gasteiger partial charge in [0.25, 0.3) is 0 Å². The van der Waals surface area contributed by atoms with E-state index in [2.05, 4.69) is 0 Å². The first kappa shape index (κ1) is 20.4. The van der Waals surface area contributed by atoms with E-state index in [1.54, 1.807) is 24.3 Å².